The number of H-pyrrole nitrogens is 1. The summed E-state index contributed by atoms with van der Waals surface area (Å²) >= 11 is 0. The number of aromatic amines is 1. The van der Waals surface area contributed by atoms with Crippen molar-refractivity contribution in [3.8, 4) is 0 Å². The minimum Gasteiger partial charge on any atom is -0.389 e. The number of hydrogen-bond donors (Lipinski definition) is 3. The maximum absolute atomic E-state index is 12.4. The second kappa shape index (κ2) is 7.27. The van der Waals surface area contributed by atoms with Crippen molar-refractivity contribution in [2.24, 2.45) is 0 Å². The zero-order chi connectivity index (χ0) is 17.8. The highest BCUT2D eigenvalue weighted by Gasteiger charge is 2.31. The molecule has 130 valence electrons. The molecule has 8 nitrogen and oxygen atoms in total. The summed E-state index contributed by atoms with van der Waals surface area (Å²) in [5, 5.41) is 13.0. The molecule has 2 atom stereocenters. The summed E-state index contributed by atoms with van der Waals surface area (Å²) in [5.41, 5.74) is 0.230. The van der Waals surface area contributed by atoms with Crippen molar-refractivity contribution in [1.82, 2.24) is 20.2 Å². The first kappa shape index (κ1) is 16.8. The van der Waals surface area contributed by atoms with Crippen LogP contribution in [0.1, 0.15) is 27.3 Å². The number of carbonyl (C=O) groups excluding carboxylic acids is 2. The summed E-state index contributed by atoms with van der Waals surface area (Å²) in [7, 11) is 0. The van der Waals surface area contributed by atoms with Gasteiger partial charge in [0, 0.05) is 24.8 Å². The van der Waals surface area contributed by atoms with E-state index < -0.39 is 23.6 Å². The highest BCUT2D eigenvalue weighted by atomic mass is 16.3. The van der Waals surface area contributed by atoms with Gasteiger partial charge >= 0.3 is 0 Å². The second-order valence-corrected chi connectivity index (χ2v) is 5.85. The second-order valence-electron chi connectivity index (χ2n) is 5.85. The van der Waals surface area contributed by atoms with Crippen molar-refractivity contribution in [1.29, 1.82) is 0 Å². The molecule has 0 unspecified atom stereocenters. The highest BCUT2D eigenvalue weighted by Crippen LogP contribution is 2.15. The third kappa shape index (κ3) is 3.92. The number of piperidine rings is 1. The first-order valence-electron chi connectivity index (χ1n) is 7.92. The summed E-state index contributed by atoms with van der Waals surface area (Å²) in [6.07, 6.45) is 1.78. The van der Waals surface area contributed by atoms with E-state index in [1.807, 2.05) is 6.07 Å². The lowest BCUT2D eigenvalue weighted by Gasteiger charge is -2.36. The molecule has 2 amide bonds. The van der Waals surface area contributed by atoms with Gasteiger partial charge in [-0.3, -0.25) is 14.4 Å². The average molecular weight is 342 g/mol. The van der Waals surface area contributed by atoms with E-state index in [1.165, 1.54) is 6.20 Å². The zero-order valence-corrected chi connectivity index (χ0v) is 13.4. The molecule has 0 saturated carbocycles. The van der Waals surface area contributed by atoms with E-state index in [0.29, 0.717) is 18.5 Å². The summed E-state index contributed by atoms with van der Waals surface area (Å²) in [6.45, 7) is 0.562. The zero-order valence-electron chi connectivity index (χ0n) is 13.4. The lowest BCUT2D eigenvalue weighted by Crippen LogP contribution is -2.55. The molecule has 2 aromatic rings. The molecule has 1 aliphatic rings. The first-order chi connectivity index (χ1) is 12.0. The van der Waals surface area contributed by atoms with Crippen molar-refractivity contribution >= 4 is 11.8 Å². The predicted molar refractivity (Wildman–Crippen MR) is 89.1 cm³/mol. The first-order valence-corrected chi connectivity index (χ1v) is 7.92. The van der Waals surface area contributed by atoms with Gasteiger partial charge in [-0.2, -0.15) is 0 Å². The topological polar surface area (TPSA) is 115 Å². The fraction of sp³-hybridized carbons (Fsp3) is 0.294. The van der Waals surface area contributed by atoms with Gasteiger partial charge in [-0.15, -0.1) is 0 Å². The van der Waals surface area contributed by atoms with Crippen LogP contribution in [0.2, 0.25) is 0 Å². The van der Waals surface area contributed by atoms with Gasteiger partial charge in [-0.25, -0.2) is 4.98 Å². The van der Waals surface area contributed by atoms with E-state index in [9.17, 15) is 19.5 Å². The van der Waals surface area contributed by atoms with E-state index in [1.54, 1.807) is 29.2 Å². The van der Waals surface area contributed by atoms with Crippen LogP contribution in [0.4, 0.5) is 0 Å². The Kier molecular flexibility index (Phi) is 4.90. The number of amides is 2. The molecule has 3 rings (SSSR count). The van der Waals surface area contributed by atoms with Crippen LogP contribution in [-0.4, -0.2) is 57.0 Å². The summed E-state index contributed by atoms with van der Waals surface area (Å²) in [6, 6.07) is 8.37. The van der Waals surface area contributed by atoms with Gasteiger partial charge in [-0.1, -0.05) is 18.2 Å². The Bertz CT molecular complexity index is 800. The van der Waals surface area contributed by atoms with Crippen molar-refractivity contribution in [2.45, 2.75) is 18.6 Å². The molecule has 2 heterocycles. The van der Waals surface area contributed by atoms with Gasteiger partial charge in [-0.05, 0) is 18.6 Å². The summed E-state index contributed by atoms with van der Waals surface area (Å²) in [5.74, 6) is -0.630. The number of β-amino-alcohol motifs (C(OH)–C–C–N with tert-alkyl or cyclic N) is 1. The SMILES string of the molecule is O=C(N[C@@H]1CCN(C(=O)c2ccccc2)C[C@H]1O)c1c[nH]c(=O)cn1. The molecule has 3 N–H and O–H groups in total. The third-order valence-corrected chi connectivity index (χ3v) is 4.11. The smallest absolute Gasteiger partial charge is 0.271 e. The van der Waals surface area contributed by atoms with E-state index in [4.69, 9.17) is 0 Å². The minimum absolute atomic E-state index is 0.0644. The van der Waals surface area contributed by atoms with Crippen molar-refractivity contribution in [3.05, 3.63) is 64.3 Å². The molecular formula is C17H18N4O4. The van der Waals surface area contributed by atoms with Gasteiger partial charge in [0.15, 0.2) is 0 Å². The number of likely N-dealkylation sites (tertiary alicyclic amines) is 1. The number of aliphatic hydroxyl groups excluding tert-OH is 1. The molecule has 0 bridgehead atoms. The molecular weight excluding hydrogens is 324 g/mol. The monoisotopic (exact) mass is 342 g/mol. The summed E-state index contributed by atoms with van der Waals surface area (Å²) < 4.78 is 0. The predicted octanol–water partition coefficient (Wildman–Crippen LogP) is -0.225. The number of carbonyl (C=O) groups is 2. The Labute approximate surface area is 143 Å². The lowest BCUT2D eigenvalue weighted by atomic mass is 10.0. The quantitative estimate of drug-likeness (QED) is 0.713. The van der Waals surface area contributed by atoms with Gasteiger partial charge in [0.25, 0.3) is 17.4 Å². The van der Waals surface area contributed by atoms with Gasteiger partial charge in [0.05, 0.1) is 18.3 Å². The van der Waals surface area contributed by atoms with Crippen LogP contribution in [0.5, 0.6) is 0 Å². The molecule has 1 aromatic carbocycles. The van der Waals surface area contributed by atoms with Crippen LogP contribution < -0.4 is 10.9 Å². The Balaban J connectivity index is 1.60. The number of aromatic nitrogens is 2. The van der Waals surface area contributed by atoms with Gasteiger partial charge in [0.1, 0.15) is 5.69 Å². The fourth-order valence-electron chi connectivity index (χ4n) is 2.76. The van der Waals surface area contributed by atoms with Crippen LogP contribution in [0, 0.1) is 0 Å². The van der Waals surface area contributed by atoms with E-state index in [2.05, 4.69) is 15.3 Å². The molecule has 1 fully saturated rings. The van der Waals surface area contributed by atoms with Crippen LogP contribution in [0.15, 0.2) is 47.5 Å². The molecule has 8 heteroatoms. The number of hydrogen-bond acceptors (Lipinski definition) is 5. The van der Waals surface area contributed by atoms with Crippen molar-refractivity contribution in [3.63, 3.8) is 0 Å². The number of nitrogens with one attached hydrogen (secondary N) is 2. The molecule has 1 aromatic heterocycles. The number of benzene rings is 1. The van der Waals surface area contributed by atoms with E-state index >= 15 is 0 Å². The van der Waals surface area contributed by atoms with Gasteiger partial charge in [0.2, 0.25) is 0 Å². The Morgan fingerprint density at radius 3 is 2.68 bits per heavy atom. The highest BCUT2D eigenvalue weighted by molar-refractivity contribution is 5.94. The molecule has 1 aliphatic heterocycles. The molecule has 0 spiro atoms. The summed E-state index contributed by atoms with van der Waals surface area (Å²) in [4.78, 5) is 43.2. The fourth-order valence-corrected chi connectivity index (χ4v) is 2.76. The lowest BCUT2D eigenvalue weighted by molar-refractivity contribution is 0.0314. The number of aliphatic hydroxyl groups is 1. The Hall–Kier alpha value is -3.00. The van der Waals surface area contributed by atoms with Gasteiger partial charge < -0.3 is 20.3 Å². The van der Waals surface area contributed by atoms with Crippen LogP contribution in [0.25, 0.3) is 0 Å². The number of rotatable bonds is 3. The molecule has 25 heavy (non-hydrogen) atoms. The Morgan fingerprint density at radius 2 is 2.04 bits per heavy atom. The van der Waals surface area contributed by atoms with E-state index in [-0.39, 0.29) is 18.1 Å². The average Bonchev–Trinajstić information content (AvgIpc) is 2.64. The standard InChI is InChI=1S/C17H18N4O4/c22-14-10-21(17(25)11-4-2-1-3-5-11)7-6-12(14)20-16(24)13-8-19-15(23)9-18-13/h1-5,8-9,12,14,22H,6-7,10H2,(H,19,23)(H,20,24)/t12-,14-/m1/s1. The minimum atomic E-state index is -0.881. The molecule has 0 aliphatic carbocycles. The van der Waals surface area contributed by atoms with Crippen molar-refractivity contribution < 1.29 is 14.7 Å². The maximum atomic E-state index is 12.4. The molecule has 1 saturated heterocycles. The maximum Gasteiger partial charge on any atom is 0.271 e. The third-order valence-electron chi connectivity index (χ3n) is 4.11. The van der Waals surface area contributed by atoms with Crippen LogP contribution in [0.3, 0.4) is 0 Å². The van der Waals surface area contributed by atoms with Crippen LogP contribution >= 0.6 is 0 Å². The Morgan fingerprint density at radius 1 is 1.28 bits per heavy atom. The van der Waals surface area contributed by atoms with Crippen molar-refractivity contribution in [2.75, 3.05) is 13.1 Å². The van der Waals surface area contributed by atoms with E-state index in [0.717, 1.165) is 6.20 Å². The van der Waals surface area contributed by atoms with Crippen LogP contribution in [-0.2, 0) is 0 Å². The molecule has 0 radical (unpaired) electrons. The number of nitrogens with zero attached hydrogens (tertiary/aromatic N) is 2. The largest absolute Gasteiger partial charge is 0.389 e. The normalized spacial score (nSPS) is 20.1.